The van der Waals surface area contributed by atoms with Gasteiger partial charge in [0.15, 0.2) is 0 Å². The van der Waals surface area contributed by atoms with Crippen molar-refractivity contribution < 1.29 is 90.8 Å². The lowest BCUT2D eigenvalue weighted by atomic mass is 9.85. The van der Waals surface area contributed by atoms with Crippen molar-refractivity contribution >= 4 is 56.0 Å². The van der Waals surface area contributed by atoms with E-state index >= 15 is 0 Å². The maximum absolute atomic E-state index is 12.9. The van der Waals surface area contributed by atoms with Gasteiger partial charge in [-0.3, -0.25) is 19.2 Å². The fourth-order valence-electron chi connectivity index (χ4n) is 6.89. The van der Waals surface area contributed by atoms with Crippen LogP contribution in [0.4, 0.5) is 52.7 Å². The highest BCUT2D eigenvalue weighted by molar-refractivity contribution is 7.31. The molecule has 60 heavy (non-hydrogen) atoms. The van der Waals surface area contributed by atoms with E-state index in [0.29, 0.717) is 30.3 Å². The molecule has 0 saturated heterocycles. The first-order valence-electron chi connectivity index (χ1n) is 17.7. The van der Waals surface area contributed by atoms with Crippen LogP contribution in [0.2, 0.25) is 0 Å². The summed E-state index contributed by atoms with van der Waals surface area (Å²) in [5, 5.41) is 0. The van der Waals surface area contributed by atoms with Gasteiger partial charge < -0.3 is 18.9 Å². The summed E-state index contributed by atoms with van der Waals surface area (Å²) in [6, 6.07) is 12.3. The minimum Gasteiger partial charge on any atom is -0.457 e. The highest BCUT2D eigenvalue weighted by atomic mass is 32.1. The third-order valence-electron chi connectivity index (χ3n) is 9.19. The summed E-state index contributed by atoms with van der Waals surface area (Å²) in [5.41, 5.74) is 1.45. The first-order chi connectivity index (χ1) is 27.8. The Kier molecular flexibility index (Phi) is 12.6. The first-order valence-corrected chi connectivity index (χ1v) is 19.3. The molecule has 0 fully saturated rings. The number of hydrogen-bond acceptors (Lipinski definition) is 10. The summed E-state index contributed by atoms with van der Waals surface area (Å²) in [7, 11) is 0. The summed E-state index contributed by atoms with van der Waals surface area (Å²) in [5.74, 6) is -6.34. The van der Waals surface area contributed by atoms with Crippen molar-refractivity contribution in [2.45, 2.75) is 100 Å². The molecule has 0 bridgehead atoms. The van der Waals surface area contributed by atoms with Gasteiger partial charge in [-0.1, -0.05) is 24.3 Å². The monoisotopic (exact) mass is 904 g/mol. The van der Waals surface area contributed by atoms with E-state index in [-0.39, 0.29) is 47.9 Å². The van der Waals surface area contributed by atoms with Crippen LogP contribution in [-0.2, 0) is 38.1 Å². The second-order valence-electron chi connectivity index (χ2n) is 13.9. The van der Waals surface area contributed by atoms with Crippen molar-refractivity contribution in [2.24, 2.45) is 0 Å². The molecular weight excluding hydrogens is 877 g/mol. The molecule has 0 amide bonds. The summed E-state index contributed by atoms with van der Waals surface area (Å²) in [6.07, 6.45) is -32.6. The molecule has 22 heteroatoms. The predicted octanol–water partition coefficient (Wildman–Crippen LogP) is 12.0. The molecule has 0 radical (unpaired) electrons. The van der Waals surface area contributed by atoms with Gasteiger partial charge >= 0.3 is 48.6 Å². The van der Waals surface area contributed by atoms with Gasteiger partial charge in [-0.25, -0.2) is 0 Å². The van der Waals surface area contributed by atoms with Crippen LogP contribution < -0.4 is 0 Å². The van der Waals surface area contributed by atoms with E-state index < -0.39 is 98.7 Å². The van der Waals surface area contributed by atoms with Gasteiger partial charge in [-0.2, -0.15) is 52.7 Å². The van der Waals surface area contributed by atoms with Gasteiger partial charge in [0, 0.05) is 19.2 Å². The number of carbonyl (C=O) groups is 4. The van der Waals surface area contributed by atoms with E-state index in [9.17, 15) is 71.9 Å². The SMILES string of the molecule is O=C(CC(F)(F)F)OC1CCC(OC(=O)CC(F)(F)F)c2cc(-c3cc4sc(-c5ccc6c(c5)C(OC(=O)CC(F)(F)F)CCC6OC(=O)CC(F)(F)F)cc4s3)ccc21. The van der Waals surface area contributed by atoms with Crippen LogP contribution in [0.15, 0.2) is 48.5 Å². The maximum atomic E-state index is 12.9. The van der Waals surface area contributed by atoms with E-state index in [4.69, 9.17) is 18.9 Å². The molecule has 4 aromatic rings. The van der Waals surface area contributed by atoms with Crippen molar-refractivity contribution in [2.75, 3.05) is 0 Å². The minimum atomic E-state index is -4.88. The highest BCUT2D eigenvalue weighted by Crippen LogP contribution is 2.48. The Morgan fingerprint density at radius 3 is 0.967 bits per heavy atom. The average Bonchev–Trinajstić information content (AvgIpc) is 3.67. The van der Waals surface area contributed by atoms with Crippen molar-refractivity contribution in [3.63, 3.8) is 0 Å². The Labute approximate surface area is 338 Å². The molecule has 2 aliphatic rings. The molecule has 324 valence electrons. The molecule has 4 unspecified atom stereocenters. The second-order valence-corrected chi connectivity index (χ2v) is 16.0. The quantitative estimate of drug-likeness (QED) is 0.0880. The lowest BCUT2D eigenvalue weighted by Gasteiger charge is -2.31. The summed E-state index contributed by atoms with van der Waals surface area (Å²) in [4.78, 5) is 49.6. The van der Waals surface area contributed by atoms with E-state index in [0.717, 1.165) is 0 Å². The Hall–Kier alpha value is -4.86. The molecule has 2 aromatic carbocycles. The molecule has 0 saturated carbocycles. The molecule has 0 spiro atoms. The predicted molar refractivity (Wildman–Crippen MR) is 187 cm³/mol. The van der Waals surface area contributed by atoms with Gasteiger partial charge in [0.25, 0.3) is 0 Å². The van der Waals surface area contributed by atoms with Crippen LogP contribution in [0.3, 0.4) is 0 Å². The molecular formula is C38H28F12O8S2. The third-order valence-corrected chi connectivity index (χ3v) is 11.6. The zero-order valence-corrected chi connectivity index (χ0v) is 31.8. The lowest BCUT2D eigenvalue weighted by molar-refractivity contribution is -0.181. The van der Waals surface area contributed by atoms with Crippen LogP contribution in [-0.4, -0.2) is 48.6 Å². The number of carbonyl (C=O) groups excluding carboxylic acids is 4. The van der Waals surface area contributed by atoms with Gasteiger partial charge in [0.05, 0.1) is 0 Å². The van der Waals surface area contributed by atoms with Crippen LogP contribution in [0.1, 0.15) is 98.0 Å². The molecule has 4 atom stereocenters. The molecule has 2 aromatic heterocycles. The summed E-state index contributed by atoms with van der Waals surface area (Å²) >= 11 is 2.46. The fraction of sp³-hybridized carbons (Fsp3) is 0.421. The molecule has 8 nitrogen and oxygen atoms in total. The van der Waals surface area contributed by atoms with Crippen molar-refractivity contribution in [1.29, 1.82) is 0 Å². The number of halogens is 12. The van der Waals surface area contributed by atoms with E-state index in [2.05, 4.69) is 0 Å². The largest absolute Gasteiger partial charge is 0.457 e. The Morgan fingerprint density at radius 2 is 0.700 bits per heavy atom. The molecule has 0 N–H and O–H groups in total. The number of esters is 4. The number of alkyl halides is 12. The molecule has 2 heterocycles. The van der Waals surface area contributed by atoms with Crippen molar-refractivity contribution in [3.8, 4) is 20.9 Å². The van der Waals surface area contributed by atoms with Crippen LogP contribution >= 0.6 is 22.7 Å². The third kappa shape index (κ3) is 11.7. The number of rotatable bonds is 10. The number of hydrogen-bond donors (Lipinski definition) is 0. The Balaban J connectivity index is 1.29. The summed E-state index contributed by atoms with van der Waals surface area (Å²) < 4.78 is 176. The molecule has 6 rings (SSSR count). The number of benzene rings is 2. The second kappa shape index (κ2) is 16.9. The lowest BCUT2D eigenvalue weighted by Crippen LogP contribution is -2.26. The molecule has 0 aliphatic heterocycles. The van der Waals surface area contributed by atoms with Crippen molar-refractivity contribution in [3.05, 3.63) is 70.8 Å². The summed E-state index contributed by atoms with van der Waals surface area (Å²) in [6.45, 7) is 0. The van der Waals surface area contributed by atoms with Gasteiger partial charge in [-0.05, 0) is 83.3 Å². The topological polar surface area (TPSA) is 105 Å². The first kappa shape index (κ1) is 44.7. The van der Waals surface area contributed by atoms with Crippen molar-refractivity contribution in [1.82, 2.24) is 0 Å². The average molecular weight is 905 g/mol. The fourth-order valence-corrected chi connectivity index (χ4v) is 9.28. The smallest absolute Gasteiger partial charge is 0.399 e. The molecule has 2 aliphatic carbocycles. The van der Waals surface area contributed by atoms with Crippen LogP contribution in [0.25, 0.3) is 30.3 Å². The number of ether oxygens (including phenoxy) is 4. The van der Waals surface area contributed by atoms with E-state index in [1.54, 1.807) is 24.3 Å². The Bertz CT molecular complexity index is 2090. The van der Waals surface area contributed by atoms with E-state index in [1.807, 2.05) is 0 Å². The van der Waals surface area contributed by atoms with Crippen LogP contribution in [0.5, 0.6) is 0 Å². The number of fused-ring (bicyclic) bond motifs is 3. The van der Waals surface area contributed by atoms with Gasteiger partial charge in [0.2, 0.25) is 0 Å². The highest BCUT2D eigenvalue weighted by Gasteiger charge is 2.40. The maximum Gasteiger partial charge on any atom is 0.399 e. The van der Waals surface area contributed by atoms with Gasteiger partial charge in [-0.15, -0.1) is 22.7 Å². The normalized spacial score (nSPS) is 19.6. The number of thiophene rings is 2. The van der Waals surface area contributed by atoms with E-state index in [1.165, 1.54) is 46.9 Å². The van der Waals surface area contributed by atoms with Crippen LogP contribution in [0, 0.1) is 0 Å². The minimum absolute atomic E-state index is 0.124. The standard InChI is InChI=1S/C38H28F12O8S2/c39-35(40,41)13-31(51)55-23-5-7-25(57-33(53)15-37(45,46)47)21-9-17(1-3-19(21)23)27-11-29-30(59-27)12-28(60-29)18-2-4-20-22(10-18)26(58-34(54)16-38(48,49)50)8-6-24(20)56-32(52)14-36(42,43)44/h1-4,9-12,23-26H,5-8,13-16H2. The zero-order valence-electron chi connectivity index (χ0n) is 30.2. The zero-order chi connectivity index (χ0) is 43.9. The Morgan fingerprint density at radius 1 is 0.433 bits per heavy atom. The van der Waals surface area contributed by atoms with Gasteiger partial charge in [0.1, 0.15) is 50.1 Å².